The molecule has 1 N–H and O–H groups in total. The van der Waals surface area contributed by atoms with Crippen molar-refractivity contribution in [3.63, 3.8) is 0 Å². The van der Waals surface area contributed by atoms with Gasteiger partial charge in [0, 0.05) is 24.8 Å². The number of allylic oxidation sites excluding steroid dienone is 1. The van der Waals surface area contributed by atoms with Gasteiger partial charge in [-0.15, -0.1) is 5.10 Å². The Labute approximate surface area is 308 Å². The highest BCUT2D eigenvalue weighted by Gasteiger charge is 2.65. The van der Waals surface area contributed by atoms with Gasteiger partial charge in [-0.05, 0) is 121 Å². The first kappa shape index (κ1) is 37.8. The summed E-state index contributed by atoms with van der Waals surface area (Å²) >= 11 is 6.06. The van der Waals surface area contributed by atoms with Gasteiger partial charge in [0.05, 0.1) is 17.0 Å². The van der Waals surface area contributed by atoms with Crippen molar-refractivity contribution in [1.29, 1.82) is 0 Å². The maximum atomic E-state index is 13.9. The third-order valence-corrected chi connectivity index (χ3v) is 14.3. The van der Waals surface area contributed by atoms with Crippen molar-refractivity contribution in [2.75, 3.05) is 6.73 Å². The average Bonchev–Trinajstić information content (AvgIpc) is 3.38. The fraction of sp³-hybridized carbons (Fsp3) is 0.707. The number of halogens is 1. The topological polar surface area (TPSA) is 119 Å². The molecule has 1 aromatic heterocycles. The quantitative estimate of drug-likeness (QED) is 0.0647. The number of hydrogen-bond acceptors (Lipinski definition) is 9. The van der Waals surface area contributed by atoms with Crippen LogP contribution in [0.4, 0.5) is 0 Å². The number of fused-ring (bicyclic) bond motifs is 7. The highest BCUT2D eigenvalue weighted by atomic mass is 35.5. The van der Waals surface area contributed by atoms with E-state index in [1.54, 1.807) is 32.2 Å². The summed E-state index contributed by atoms with van der Waals surface area (Å²) in [6, 6.07) is 3.47. The molecular weight excluding hydrogens is 664 g/mol. The number of aldehydes is 1. The number of Topliss-reactive ketones (excluding diaryl/α,β-unsaturated/α-hetero) is 1. The van der Waals surface area contributed by atoms with Gasteiger partial charge in [-0.3, -0.25) is 14.9 Å². The second-order valence-electron chi connectivity index (χ2n) is 17.8. The van der Waals surface area contributed by atoms with E-state index >= 15 is 0 Å². The van der Waals surface area contributed by atoms with Gasteiger partial charge in [0.2, 0.25) is 0 Å². The molecule has 1 heterocycles. The van der Waals surface area contributed by atoms with Crippen LogP contribution in [0.15, 0.2) is 39.7 Å². The van der Waals surface area contributed by atoms with Crippen LogP contribution in [0.5, 0.6) is 0 Å². The van der Waals surface area contributed by atoms with E-state index in [0.29, 0.717) is 40.8 Å². The van der Waals surface area contributed by atoms with Crippen LogP contribution in [0, 0.1) is 51.8 Å². The maximum Gasteiger partial charge on any atom is 0.307 e. The largest absolute Gasteiger partial charge is 0.462 e. The number of nitrogens with zero attached hydrogens (tertiary/aromatic N) is 3. The molecule has 9 atom stereocenters. The molecule has 278 valence electrons. The number of esters is 1. The van der Waals surface area contributed by atoms with Gasteiger partial charge in [0.15, 0.2) is 5.78 Å². The normalized spacial score (nSPS) is 36.5. The van der Waals surface area contributed by atoms with E-state index in [9.17, 15) is 14.4 Å². The lowest BCUT2D eigenvalue weighted by atomic mass is 9.38. The van der Waals surface area contributed by atoms with Crippen LogP contribution in [0.25, 0.3) is 0 Å². The van der Waals surface area contributed by atoms with E-state index in [2.05, 4.69) is 61.8 Å². The molecule has 0 amide bonds. The molecule has 6 rings (SSSR count). The van der Waals surface area contributed by atoms with Crippen molar-refractivity contribution in [3.05, 3.63) is 40.2 Å². The fourth-order valence-corrected chi connectivity index (χ4v) is 12.0. The lowest BCUT2D eigenvalue weighted by Crippen LogP contribution is -2.62. The van der Waals surface area contributed by atoms with Crippen LogP contribution < -0.4 is 5.32 Å². The molecule has 0 saturated heterocycles. The average molecular weight is 721 g/mol. The molecule has 9 unspecified atom stereocenters. The third-order valence-electron chi connectivity index (χ3n) is 14.0. The molecule has 0 aliphatic heterocycles. The Morgan fingerprint density at radius 1 is 1.12 bits per heavy atom. The van der Waals surface area contributed by atoms with Gasteiger partial charge in [-0.25, -0.2) is 4.98 Å². The van der Waals surface area contributed by atoms with Crippen LogP contribution >= 0.6 is 11.6 Å². The smallest absolute Gasteiger partial charge is 0.307 e. The summed E-state index contributed by atoms with van der Waals surface area (Å²) in [5.74, 6) is 2.55. The Kier molecular flexibility index (Phi) is 10.5. The van der Waals surface area contributed by atoms with E-state index in [1.807, 2.05) is 0 Å². The van der Waals surface area contributed by atoms with E-state index < -0.39 is 11.0 Å². The predicted octanol–water partition coefficient (Wildman–Crippen LogP) is 8.14. The number of aromatic nitrogens is 1. The molecule has 5 aliphatic rings. The molecule has 4 saturated carbocycles. The van der Waals surface area contributed by atoms with Gasteiger partial charge >= 0.3 is 5.97 Å². The second kappa shape index (κ2) is 14.1. The zero-order valence-corrected chi connectivity index (χ0v) is 32.4. The van der Waals surface area contributed by atoms with Crippen molar-refractivity contribution >= 4 is 42.3 Å². The number of nitrogens with one attached hydrogen (secondary N) is 1. The van der Waals surface area contributed by atoms with Crippen molar-refractivity contribution in [2.45, 2.75) is 124 Å². The molecule has 51 heavy (non-hydrogen) atoms. The number of pyridine rings is 1. The van der Waals surface area contributed by atoms with Crippen molar-refractivity contribution in [3.8, 4) is 0 Å². The van der Waals surface area contributed by atoms with Crippen LogP contribution in [0.2, 0.25) is 5.02 Å². The summed E-state index contributed by atoms with van der Waals surface area (Å²) in [5.41, 5.74) is 2.03. The van der Waals surface area contributed by atoms with Gasteiger partial charge in [-0.2, -0.15) is 5.10 Å². The van der Waals surface area contributed by atoms with E-state index in [0.717, 1.165) is 63.2 Å². The first-order chi connectivity index (χ1) is 24.1. The molecule has 9 nitrogen and oxygen atoms in total. The first-order valence-corrected chi connectivity index (χ1v) is 19.4. The molecule has 4 fully saturated rings. The number of carbonyl (C=O) groups excluding carboxylic acids is 3. The van der Waals surface area contributed by atoms with Gasteiger partial charge in [0.25, 0.3) is 5.90 Å². The first-order valence-electron chi connectivity index (χ1n) is 19.1. The Hall–Kier alpha value is -2.91. The predicted molar refractivity (Wildman–Crippen MR) is 199 cm³/mol. The Bertz CT molecular complexity index is 1600. The Morgan fingerprint density at radius 2 is 1.82 bits per heavy atom. The van der Waals surface area contributed by atoms with Crippen molar-refractivity contribution in [1.82, 2.24) is 10.3 Å². The lowest BCUT2D eigenvalue weighted by Gasteiger charge is -2.67. The number of carbonyl (C=O) groups is 3. The molecular formula is C41H57ClN4O5. The summed E-state index contributed by atoms with van der Waals surface area (Å²) in [4.78, 5) is 42.6. The number of hydrogen-bond donors (Lipinski definition) is 1. The third kappa shape index (κ3) is 6.75. The zero-order valence-electron chi connectivity index (χ0n) is 31.6. The standard InChI is InChI=1S/C41H57ClN4O5/c1-24(2)35-31(48)19-41(45-23-50-37(46-43-8)30-11-9-26(42)21-44-30)18-14-29-27(36(35)41)10-12-33-39(6)17-15-32(51-34(49)20-38(4,5)22-47)25(3)28(39)13-16-40(29,33)7/h9,11,21-22,24-25,27-29,32-33,45H,8,10,12-20,23H2,1-7H3/b46-37-. The van der Waals surface area contributed by atoms with Crippen molar-refractivity contribution < 1.29 is 23.9 Å². The Balaban J connectivity index is 1.21. The summed E-state index contributed by atoms with van der Waals surface area (Å²) in [6.45, 7) is 18.9. The molecule has 1 aromatic rings. The summed E-state index contributed by atoms with van der Waals surface area (Å²) in [6.07, 6.45) is 11.2. The molecule has 0 bridgehead atoms. The maximum absolute atomic E-state index is 13.9. The van der Waals surface area contributed by atoms with E-state index in [-0.39, 0.29) is 59.6 Å². The molecule has 0 aromatic carbocycles. The second-order valence-corrected chi connectivity index (χ2v) is 18.2. The lowest BCUT2D eigenvalue weighted by molar-refractivity contribution is -0.190. The number of ketones is 1. The zero-order chi connectivity index (χ0) is 36.9. The summed E-state index contributed by atoms with van der Waals surface area (Å²) in [7, 11) is 0. The number of ether oxygens (including phenoxy) is 2. The summed E-state index contributed by atoms with van der Waals surface area (Å²) in [5, 5.41) is 12.1. The Morgan fingerprint density at radius 3 is 2.49 bits per heavy atom. The van der Waals surface area contributed by atoms with Crippen LogP contribution in [-0.2, 0) is 23.9 Å². The number of rotatable bonds is 10. The molecule has 0 spiro atoms. The summed E-state index contributed by atoms with van der Waals surface area (Å²) < 4.78 is 12.2. The van der Waals surface area contributed by atoms with Crippen LogP contribution in [0.3, 0.4) is 0 Å². The van der Waals surface area contributed by atoms with Crippen LogP contribution in [0.1, 0.15) is 118 Å². The highest BCUT2D eigenvalue weighted by Crippen LogP contribution is 2.70. The van der Waals surface area contributed by atoms with Gasteiger partial charge < -0.3 is 14.3 Å². The molecule has 5 aliphatic carbocycles. The van der Waals surface area contributed by atoms with E-state index in [1.165, 1.54) is 5.57 Å². The van der Waals surface area contributed by atoms with Gasteiger partial charge in [0.1, 0.15) is 24.8 Å². The highest BCUT2D eigenvalue weighted by molar-refractivity contribution is 6.30. The minimum atomic E-state index is -0.710. The van der Waals surface area contributed by atoms with Gasteiger partial charge in [-0.1, -0.05) is 60.1 Å². The van der Waals surface area contributed by atoms with Crippen molar-refractivity contribution in [2.24, 2.45) is 62.0 Å². The fourth-order valence-electron chi connectivity index (χ4n) is 11.9. The SMILES string of the molecule is C=N/N=C(\OCNC12CCC3C(CCC4C3(C)CCC3C(C)C(OC(=O)CC(C)(C)C=O)CCC34C)C1=C(C(C)C)C(=O)C2)c1ccc(Cl)cn1. The minimum absolute atomic E-state index is 0.103. The van der Waals surface area contributed by atoms with Crippen LogP contribution in [-0.4, -0.2) is 54.0 Å². The minimum Gasteiger partial charge on any atom is -0.462 e. The molecule has 10 heteroatoms. The molecule has 0 radical (unpaired) electrons. The van der Waals surface area contributed by atoms with E-state index in [4.69, 9.17) is 21.1 Å². The monoisotopic (exact) mass is 720 g/mol.